The highest BCUT2D eigenvalue weighted by Gasteiger charge is 2.18. The first-order valence-corrected chi connectivity index (χ1v) is 7.06. The van der Waals surface area contributed by atoms with Crippen LogP contribution in [0.2, 0.25) is 4.34 Å². The zero-order valence-corrected chi connectivity index (χ0v) is 12.2. The average molecular weight is 260 g/mol. The summed E-state index contributed by atoms with van der Waals surface area (Å²) in [5.41, 5.74) is 0.348. The summed E-state index contributed by atoms with van der Waals surface area (Å²) in [5.74, 6) is 0. The van der Waals surface area contributed by atoms with Crippen LogP contribution in [0.1, 0.15) is 39.0 Å². The standard InChI is InChI=1S/C13H22ClNS/c1-10(2)15-9-13(3,4)8-7-11-5-6-12(14)16-11/h5-6,10,15H,7-9H2,1-4H3. The molecule has 1 aromatic heterocycles. The van der Waals surface area contributed by atoms with Gasteiger partial charge in [-0.2, -0.15) is 0 Å². The summed E-state index contributed by atoms with van der Waals surface area (Å²) >= 11 is 7.62. The molecule has 1 N–H and O–H groups in total. The fourth-order valence-electron chi connectivity index (χ4n) is 1.52. The smallest absolute Gasteiger partial charge is 0.0931 e. The number of thiophene rings is 1. The lowest BCUT2D eigenvalue weighted by Gasteiger charge is -2.26. The maximum atomic E-state index is 5.92. The van der Waals surface area contributed by atoms with Crippen molar-refractivity contribution in [3.63, 3.8) is 0 Å². The minimum Gasteiger partial charge on any atom is -0.314 e. The third kappa shape index (κ3) is 5.33. The van der Waals surface area contributed by atoms with Gasteiger partial charge in [0.05, 0.1) is 4.34 Å². The molecule has 0 aliphatic rings. The topological polar surface area (TPSA) is 12.0 Å². The third-order valence-corrected chi connectivity index (χ3v) is 3.96. The summed E-state index contributed by atoms with van der Waals surface area (Å²) < 4.78 is 0.896. The highest BCUT2D eigenvalue weighted by molar-refractivity contribution is 7.16. The summed E-state index contributed by atoms with van der Waals surface area (Å²) in [4.78, 5) is 1.39. The van der Waals surface area contributed by atoms with Crippen LogP contribution < -0.4 is 5.32 Å². The van der Waals surface area contributed by atoms with E-state index in [9.17, 15) is 0 Å². The maximum Gasteiger partial charge on any atom is 0.0931 e. The number of rotatable bonds is 6. The Morgan fingerprint density at radius 3 is 2.56 bits per heavy atom. The summed E-state index contributed by atoms with van der Waals surface area (Å²) in [6.07, 6.45) is 2.33. The van der Waals surface area contributed by atoms with Crippen LogP contribution in [0.5, 0.6) is 0 Å². The molecule has 0 radical (unpaired) electrons. The summed E-state index contributed by atoms with van der Waals surface area (Å²) in [7, 11) is 0. The van der Waals surface area contributed by atoms with E-state index >= 15 is 0 Å². The number of nitrogens with one attached hydrogen (secondary N) is 1. The van der Waals surface area contributed by atoms with Gasteiger partial charge in [-0.25, -0.2) is 0 Å². The molecule has 3 heteroatoms. The van der Waals surface area contributed by atoms with Gasteiger partial charge in [0.15, 0.2) is 0 Å². The summed E-state index contributed by atoms with van der Waals surface area (Å²) in [5, 5.41) is 3.50. The van der Waals surface area contributed by atoms with Gasteiger partial charge < -0.3 is 5.32 Å². The molecular formula is C13H22ClNS. The average Bonchev–Trinajstić information content (AvgIpc) is 2.59. The van der Waals surface area contributed by atoms with Gasteiger partial charge in [-0.3, -0.25) is 0 Å². The Bertz CT molecular complexity index is 317. The van der Waals surface area contributed by atoms with Gasteiger partial charge in [-0.15, -0.1) is 11.3 Å². The van der Waals surface area contributed by atoms with Crippen LogP contribution in [0, 0.1) is 5.41 Å². The molecule has 0 saturated carbocycles. The van der Waals surface area contributed by atoms with Crippen LogP contribution in [-0.2, 0) is 6.42 Å². The van der Waals surface area contributed by atoms with Crippen LogP contribution in [0.25, 0.3) is 0 Å². The molecule has 16 heavy (non-hydrogen) atoms. The predicted octanol–water partition coefficient (Wildman–Crippen LogP) is 4.36. The first-order valence-electron chi connectivity index (χ1n) is 5.87. The highest BCUT2D eigenvalue weighted by Crippen LogP contribution is 2.27. The van der Waals surface area contributed by atoms with E-state index < -0.39 is 0 Å². The van der Waals surface area contributed by atoms with Crippen molar-refractivity contribution in [1.29, 1.82) is 0 Å². The molecule has 0 fully saturated rings. The Labute approximate surface area is 108 Å². The van der Waals surface area contributed by atoms with Gasteiger partial charge in [0, 0.05) is 17.5 Å². The molecule has 0 aromatic carbocycles. The first-order chi connectivity index (χ1) is 7.39. The maximum absolute atomic E-state index is 5.92. The van der Waals surface area contributed by atoms with Crippen molar-refractivity contribution in [3.8, 4) is 0 Å². The molecule has 0 amide bonds. The van der Waals surface area contributed by atoms with Crippen LogP contribution in [0.15, 0.2) is 12.1 Å². The molecule has 0 aliphatic heterocycles. The lowest BCUT2D eigenvalue weighted by atomic mass is 9.87. The third-order valence-electron chi connectivity index (χ3n) is 2.67. The molecule has 0 bridgehead atoms. The van der Waals surface area contributed by atoms with E-state index in [2.05, 4.69) is 39.1 Å². The molecule has 0 saturated heterocycles. The Balaban J connectivity index is 2.35. The number of hydrogen-bond acceptors (Lipinski definition) is 2. The zero-order chi connectivity index (χ0) is 12.2. The Morgan fingerprint density at radius 2 is 2.06 bits per heavy atom. The SMILES string of the molecule is CC(C)NCC(C)(C)CCc1ccc(Cl)s1. The lowest BCUT2D eigenvalue weighted by Crippen LogP contribution is -2.34. The van der Waals surface area contributed by atoms with Gasteiger partial charge in [-0.05, 0) is 30.4 Å². The first kappa shape index (κ1) is 14.0. The van der Waals surface area contributed by atoms with E-state index in [0.717, 1.165) is 17.3 Å². The Hall–Kier alpha value is -0.0500. The second kappa shape index (κ2) is 6.04. The number of hydrogen-bond donors (Lipinski definition) is 1. The minimum absolute atomic E-state index is 0.348. The van der Waals surface area contributed by atoms with Crippen molar-refractivity contribution < 1.29 is 0 Å². The predicted molar refractivity (Wildman–Crippen MR) is 74.6 cm³/mol. The molecule has 0 aliphatic carbocycles. The van der Waals surface area contributed by atoms with Gasteiger partial charge in [-0.1, -0.05) is 39.3 Å². The van der Waals surface area contributed by atoms with Crippen LogP contribution in [-0.4, -0.2) is 12.6 Å². The van der Waals surface area contributed by atoms with Gasteiger partial charge >= 0.3 is 0 Å². The van der Waals surface area contributed by atoms with E-state index in [4.69, 9.17) is 11.6 Å². The van der Waals surface area contributed by atoms with Crippen molar-refractivity contribution in [2.24, 2.45) is 5.41 Å². The van der Waals surface area contributed by atoms with Crippen molar-refractivity contribution in [2.75, 3.05) is 6.54 Å². The van der Waals surface area contributed by atoms with Gasteiger partial charge in [0.25, 0.3) is 0 Å². The minimum atomic E-state index is 0.348. The molecule has 0 spiro atoms. The normalized spacial score (nSPS) is 12.4. The van der Waals surface area contributed by atoms with Crippen LogP contribution >= 0.6 is 22.9 Å². The second-order valence-electron chi connectivity index (χ2n) is 5.41. The molecular weight excluding hydrogens is 238 g/mol. The molecule has 1 aromatic rings. The van der Waals surface area contributed by atoms with E-state index in [1.165, 1.54) is 11.3 Å². The number of aryl methyl sites for hydroxylation is 1. The van der Waals surface area contributed by atoms with Crippen molar-refractivity contribution in [3.05, 3.63) is 21.3 Å². The highest BCUT2D eigenvalue weighted by atomic mass is 35.5. The monoisotopic (exact) mass is 259 g/mol. The van der Waals surface area contributed by atoms with Gasteiger partial charge in [0.1, 0.15) is 0 Å². The van der Waals surface area contributed by atoms with Crippen molar-refractivity contribution in [1.82, 2.24) is 5.32 Å². The summed E-state index contributed by atoms with van der Waals surface area (Å²) in [6.45, 7) is 10.1. The molecule has 0 atom stereocenters. The molecule has 1 nitrogen and oxygen atoms in total. The van der Waals surface area contributed by atoms with Gasteiger partial charge in [0.2, 0.25) is 0 Å². The fraction of sp³-hybridized carbons (Fsp3) is 0.692. The molecule has 92 valence electrons. The van der Waals surface area contributed by atoms with Crippen molar-refractivity contribution in [2.45, 2.75) is 46.6 Å². The fourth-order valence-corrected chi connectivity index (χ4v) is 2.60. The van der Waals surface area contributed by atoms with E-state index in [1.807, 2.05) is 6.07 Å². The van der Waals surface area contributed by atoms with Crippen LogP contribution in [0.4, 0.5) is 0 Å². The summed E-state index contributed by atoms with van der Waals surface area (Å²) in [6, 6.07) is 4.69. The molecule has 0 unspecified atom stereocenters. The lowest BCUT2D eigenvalue weighted by molar-refractivity contribution is 0.305. The largest absolute Gasteiger partial charge is 0.314 e. The Kier molecular flexibility index (Phi) is 5.29. The second-order valence-corrected chi connectivity index (χ2v) is 7.21. The molecule has 1 heterocycles. The van der Waals surface area contributed by atoms with Crippen molar-refractivity contribution >= 4 is 22.9 Å². The Morgan fingerprint density at radius 1 is 1.38 bits per heavy atom. The van der Waals surface area contributed by atoms with Crippen LogP contribution in [0.3, 0.4) is 0 Å². The molecule has 1 rings (SSSR count). The van der Waals surface area contributed by atoms with E-state index in [0.29, 0.717) is 11.5 Å². The number of halogens is 1. The van der Waals surface area contributed by atoms with E-state index in [-0.39, 0.29) is 0 Å². The quantitative estimate of drug-likeness (QED) is 0.801. The van der Waals surface area contributed by atoms with E-state index in [1.54, 1.807) is 11.3 Å². The zero-order valence-electron chi connectivity index (χ0n) is 10.6.